The lowest BCUT2D eigenvalue weighted by atomic mass is 9.83. The maximum absolute atomic E-state index is 13.6. The number of carboxylic acids is 1. The minimum atomic E-state index is -2.01. The van der Waals surface area contributed by atoms with Crippen LogP contribution in [-0.4, -0.2) is 176 Å². The van der Waals surface area contributed by atoms with Gasteiger partial charge in [0.15, 0.2) is 18.7 Å². The molecule has 0 aromatic heterocycles. The predicted octanol–water partition coefficient (Wildman–Crippen LogP) is 2.64. The van der Waals surface area contributed by atoms with E-state index in [9.17, 15) is 54.6 Å². The van der Waals surface area contributed by atoms with Crippen LogP contribution >= 0.6 is 21.6 Å². The molecule has 0 bridgehead atoms. The highest BCUT2D eigenvalue weighted by Gasteiger charge is 2.55. The zero-order chi connectivity index (χ0) is 54.6. The fourth-order valence-electron chi connectivity index (χ4n) is 8.63. The average Bonchev–Trinajstić information content (AvgIpc) is 3.43. The topological polar surface area (TPSA) is 337 Å². The molecule has 0 spiro atoms. The van der Waals surface area contributed by atoms with Gasteiger partial charge in [0.2, 0.25) is 0 Å². The van der Waals surface area contributed by atoms with Gasteiger partial charge in [-0.15, -0.1) is 0 Å². The maximum Gasteiger partial charge on any atom is 0.407 e. The summed E-state index contributed by atoms with van der Waals surface area (Å²) in [6.07, 6.45) is -23.0. The highest BCUT2D eigenvalue weighted by atomic mass is 33.1. The molecule has 6 rings (SSSR count). The molecule has 10 N–H and O–H groups in total. The van der Waals surface area contributed by atoms with Crippen molar-refractivity contribution < 1.29 is 97.6 Å². The summed E-state index contributed by atoms with van der Waals surface area (Å²) in [4.78, 5) is 64.3. The van der Waals surface area contributed by atoms with Gasteiger partial charge in [0.05, 0.1) is 30.8 Å². The van der Waals surface area contributed by atoms with Gasteiger partial charge in [-0.2, -0.15) is 0 Å². The molecule has 0 radical (unpaired) electrons. The first kappa shape index (κ1) is 59.9. The first-order valence-corrected chi connectivity index (χ1v) is 27.3. The molecule has 3 amide bonds. The van der Waals surface area contributed by atoms with E-state index >= 15 is 0 Å². The number of amides is 3. The van der Waals surface area contributed by atoms with Crippen molar-refractivity contribution in [2.24, 2.45) is 0 Å². The molecule has 3 aromatic rings. The third-order valence-electron chi connectivity index (χ3n) is 12.6. The molecular weight excluding hydrogens is 1040 g/mol. The number of carbonyl (C=O) groups excluding carboxylic acids is 4. The Balaban J connectivity index is 1.25. The fraction of sp³-hybridized carbons (Fsp3) is 0.549. The maximum atomic E-state index is 13.6. The number of rotatable bonds is 25. The molecular formula is C51H67N3O20S2. The lowest BCUT2D eigenvalue weighted by Gasteiger charge is -2.49. The van der Waals surface area contributed by atoms with Crippen molar-refractivity contribution in [2.45, 2.75) is 157 Å². The van der Waals surface area contributed by atoms with Crippen molar-refractivity contribution in [1.82, 2.24) is 16.0 Å². The minimum absolute atomic E-state index is 0.0435. The molecule has 3 fully saturated rings. The van der Waals surface area contributed by atoms with Crippen LogP contribution in [0.1, 0.15) is 62.1 Å². The van der Waals surface area contributed by atoms with Gasteiger partial charge in [-0.3, -0.25) is 9.59 Å². The summed E-state index contributed by atoms with van der Waals surface area (Å²) < 4.78 is 46.5. The first-order chi connectivity index (χ1) is 36.6. The molecule has 25 heteroatoms. The molecule has 418 valence electrons. The molecule has 76 heavy (non-hydrogen) atoms. The van der Waals surface area contributed by atoms with Crippen LogP contribution in [0.15, 0.2) is 91.0 Å². The van der Waals surface area contributed by atoms with Crippen molar-refractivity contribution >= 4 is 51.8 Å². The lowest BCUT2D eigenvalue weighted by molar-refractivity contribution is -0.335. The molecule has 15 atom stereocenters. The normalized spacial score (nSPS) is 29.3. The van der Waals surface area contributed by atoms with Crippen molar-refractivity contribution in [3.63, 3.8) is 0 Å². The summed E-state index contributed by atoms with van der Waals surface area (Å²) in [6, 6.07) is 21.7. The van der Waals surface area contributed by atoms with E-state index in [4.69, 9.17) is 43.0 Å². The van der Waals surface area contributed by atoms with Crippen molar-refractivity contribution in [3.05, 3.63) is 108 Å². The molecule has 23 nitrogen and oxygen atoms in total. The summed E-state index contributed by atoms with van der Waals surface area (Å²) in [6.45, 7) is 0.249. The van der Waals surface area contributed by atoms with Crippen molar-refractivity contribution in [3.8, 4) is 0 Å². The Morgan fingerprint density at radius 1 is 0.566 bits per heavy atom. The van der Waals surface area contributed by atoms with Crippen molar-refractivity contribution in [2.75, 3.05) is 18.1 Å². The number of nitrogens with one attached hydrogen (secondary N) is 3. The van der Waals surface area contributed by atoms with Crippen LogP contribution in [-0.2, 0) is 67.3 Å². The summed E-state index contributed by atoms with van der Waals surface area (Å²) >= 11 is 0. The third kappa shape index (κ3) is 17.9. The average molecular weight is 1110 g/mol. The van der Waals surface area contributed by atoms with Crippen LogP contribution < -0.4 is 16.0 Å². The number of carboxylic acid groups (broad SMARTS) is 1. The van der Waals surface area contributed by atoms with Crippen LogP contribution in [0.5, 0.6) is 0 Å². The van der Waals surface area contributed by atoms with E-state index in [1.807, 2.05) is 0 Å². The summed E-state index contributed by atoms with van der Waals surface area (Å²) in [5, 5.41) is 85.4. The Morgan fingerprint density at radius 2 is 1.01 bits per heavy atom. The highest BCUT2D eigenvalue weighted by molar-refractivity contribution is 8.76. The number of hydrogen-bond acceptors (Lipinski definition) is 21. The van der Waals surface area contributed by atoms with E-state index in [1.165, 1.54) is 21.6 Å². The number of aliphatic hydroxyl groups is 6. The van der Waals surface area contributed by atoms with E-state index in [0.717, 1.165) is 0 Å². The Hall–Kier alpha value is -5.29. The number of hydrogen-bond donors (Lipinski definition) is 10. The SMILES string of the molecule is CCC1O[C@H](OC2C(O)[C@@H](OC3O[C@H](CO)[C@H](O)C(NC(=O)OCc4ccccc4)[C@H]3O)C(NC(=O)OCc3ccccc3)C[C@@H]2NC(=O)OCc2ccccc2)C(O)[C@H](OC(=O)CCCSSCCCC(=O)O)[C@@H]1O. The minimum Gasteiger partial charge on any atom is -0.481 e. The van der Waals surface area contributed by atoms with Gasteiger partial charge in [0, 0.05) is 24.3 Å². The highest BCUT2D eigenvalue weighted by Crippen LogP contribution is 2.35. The number of alkyl carbamates (subject to hydrolysis) is 3. The van der Waals surface area contributed by atoms with Gasteiger partial charge in [-0.25, -0.2) is 14.4 Å². The number of carbonyl (C=O) groups is 5. The van der Waals surface area contributed by atoms with E-state index in [0.29, 0.717) is 41.0 Å². The first-order valence-electron chi connectivity index (χ1n) is 24.9. The quantitative estimate of drug-likeness (QED) is 0.0252. The van der Waals surface area contributed by atoms with E-state index in [2.05, 4.69) is 16.0 Å². The van der Waals surface area contributed by atoms with Crippen LogP contribution in [0.3, 0.4) is 0 Å². The number of benzene rings is 3. The van der Waals surface area contributed by atoms with Gasteiger partial charge in [-0.1, -0.05) is 120 Å². The monoisotopic (exact) mass is 1110 g/mol. The van der Waals surface area contributed by atoms with Crippen LogP contribution in [0, 0.1) is 0 Å². The Kier molecular flexibility index (Phi) is 24.1. The second-order valence-electron chi connectivity index (χ2n) is 18.1. The molecule has 7 unspecified atom stereocenters. The molecule has 3 aliphatic rings. The molecule has 1 saturated carbocycles. The third-order valence-corrected chi connectivity index (χ3v) is 15.2. The second-order valence-corrected chi connectivity index (χ2v) is 20.8. The van der Waals surface area contributed by atoms with Crippen LogP contribution in [0.4, 0.5) is 14.4 Å². The predicted molar refractivity (Wildman–Crippen MR) is 271 cm³/mol. The Bertz CT molecular complexity index is 2260. The number of aliphatic carboxylic acids is 1. The molecule has 2 saturated heterocycles. The molecule has 2 heterocycles. The van der Waals surface area contributed by atoms with Gasteiger partial charge < -0.3 is 89.6 Å². The molecule has 2 aliphatic heterocycles. The lowest BCUT2D eigenvalue weighted by Crippen LogP contribution is -2.70. The smallest absolute Gasteiger partial charge is 0.407 e. The molecule has 3 aromatic carbocycles. The van der Waals surface area contributed by atoms with E-state index in [1.54, 1.807) is 97.9 Å². The van der Waals surface area contributed by atoms with Gasteiger partial charge in [-0.05, 0) is 42.4 Å². The largest absolute Gasteiger partial charge is 0.481 e. The van der Waals surface area contributed by atoms with Crippen molar-refractivity contribution in [1.29, 1.82) is 0 Å². The standard InChI is InChI=1S/C51H67N3O20S2/c1-2-34-40(60)46(72-37(58)21-13-23-76-75-22-12-20-36(56)57)43(63)48(70-34)74-45-33(53-50(65)68-27-30-16-8-4-9-17-30)24-32(52-49(64)67-26-29-14-6-3-7-15-29)44(42(45)62)73-47-41(61)38(39(59)35(25-55)71-47)54-51(66)69-28-31-18-10-5-11-19-31/h3-11,14-19,32-35,38-48,55,59-63H,2,12-13,20-28H2,1H3,(H,52,64)(H,53,65)(H,54,66)(H,56,57)/t32?,33-,34?,35+,38?,39-,40+,41+,42?,43?,44-,45?,46+,47?,48+/m0/s1. The van der Waals surface area contributed by atoms with E-state index < -0.39 is 129 Å². The van der Waals surface area contributed by atoms with Crippen LogP contribution in [0.25, 0.3) is 0 Å². The number of aliphatic hydroxyl groups excluding tert-OH is 6. The van der Waals surface area contributed by atoms with Gasteiger partial charge in [0.1, 0.15) is 68.7 Å². The zero-order valence-electron chi connectivity index (χ0n) is 41.6. The molecule has 1 aliphatic carbocycles. The van der Waals surface area contributed by atoms with Crippen LogP contribution in [0.2, 0.25) is 0 Å². The number of ether oxygens (including phenoxy) is 8. The summed E-state index contributed by atoms with van der Waals surface area (Å²) in [7, 11) is 2.92. The summed E-state index contributed by atoms with van der Waals surface area (Å²) in [5.74, 6) is -0.528. The number of esters is 1. The van der Waals surface area contributed by atoms with Gasteiger partial charge in [0.25, 0.3) is 0 Å². The Morgan fingerprint density at radius 3 is 1.47 bits per heavy atom. The second kappa shape index (κ2) is 30.6. The zero-order valence-corrected chi connectivity index (χ0v) is 43.2. The fourth-order valence-corrected chi connectivity index (χ4v) is 10.8. The van der Waals surface area contributed by atoms with E-state index in [-0.39, 0.29) is 45.5 Å². The van der Waals surface area contributed by atoms with Gasteiger partial charge >= 0.3 is 30.2 Å². The summed E-state index contributed by atoms with van der Waals surface area (Å²) in [5.41, 5.74) is 1.89. The Labute approximate surface area is 446 Å².